The molecule has 0 saturated heterocycles. The van der Waals surface area contributed by atoms with Crippen LogP contribution in [-0.4, -0.2) is 20.8 Å². The van der Waals surface area contributed by atoms with Gasteiger partial charge in [-0.15, -0.1) is 0 Å². The Morgan fingerprint density at radius 3 is 2.67 bits per heavy atom. The van der Waals surface area contributed by atoms with Crippen molar-refractivity contribution < 1.29 is 14.1 Å². The lowest BCUT2D eigenvalue weighted by atomic mass is 10.2. The van der Waals surface area contributed by atoms with Gasteiger partial charge in [0.15, 0.2) is 5.82 Å². The molecule has 0 atom stereocenters. The van der Waals surface area contributed by atoms with E-state index >= 15 is 0 Å². The van der Waals surface area contributed by atoms with Crippen molar-refractivity contribution in [3.63, 3.8) is 0 Å². The van der Waals surface area contributed by atoms with Crippen LogP contribution in [0.1, 0.15) is 16.1 Å². The van der Waals surface area contributed by atoms with E-state index in [-0.39, 0.29) is 23.7 Å². The highest BCUT2D eigenvalue weighted by molar-refractivity contribution is 5.93. The molecule has 0 bridgehead atoms. The van der Waals surface area contributed by atoms with Gasteiger partial charge < -0.3 is 9.73 Å². The van der Waals surface area contributed by atoms with Gasteiger partial charge in [0.25, 0.3) is 11.6 Å². The highest BCUT2D eigenvalue weighted by atomic mass is 16.6. The summed E-state index contributed by atoms with van der Waals surface area (Å²) in [5, 5.41) is 13.5. The minimum absolute atomic E-state index is 0.0450. The number of nitro benzene ring substituents is 1. The van der Waals surface area contributed by atoms with E-state index in [1.165, 1.54) is 30.8 Å². The number of amides is 1. The van der Waals surface area contributed by atoms with Crippen molar-refractivity contribution in [2.75, 3.05) is 0 Å². The van der Waals surface area contributed by atoms with Gasteiger partial charge in [0.1, 0.15) is 5.76 Å². The molecule has 3 rings (SSSR count). The number of carbonyl (C=O) groups is 1. The normalized spacial score (nSPS) is 10.3. The SMILES string of the molecule is O=C(NCc1ccco1)c1cnc(-c2cccc([N+](=O)[O-])c2)nc1. The molecule has 24 heavy (non-hydrogen) atoms. The molecule has 0 aliphatic heterocycles. The third-order valence-corrected chi connectivity index (χ3v) is 3.23. The standard InChI is InChI=1S/C16H12N4O4/c21-16(19-10-14-5-2-6-24-14)12-8-17-15(18-9-12)11-3-1-4-13(7-11)20(22)23/h1-9H,10H2,(H,19,21). The Bertz CT molecular complexity index is 860. The summed E-state index contributed by atoms with van der Waals surface area (Å²) < 4.78 is 5.13. The van der Waals surface area contributed by atoms with Crippen LogP contribution in [0.25, 0.3) is 11.4 Å². The van der Waals surface area contributed by atoms with Crippen LogP contribution in [0.5, 0.6) is 0 Å². The molecule has 2 heterocycles. The first-order valence-electron chi connectivity index (χ1n) is 7.01. The molecular formula is C16H12N4O4. The van der Waals surface area contributed by atoms with Gasteiger partial charge in [-0.1, -0.05) is 12.1 Å². The largest absolute Gasteiger partial charge is 0.467 e. The monoisotopic (exact) mass is 324 g/mol. The number of benzene rings is 1. The van der Waals surface area contributed by atoms with Gasteiger partial charge in [0, 0.05) is 30.1 Å². The van der Waals surface area contributed by atoms with Gasteiger partial charge in [-0.2, -0.15) is 0 Å². The second kappa shape index (κ2) is 6.69. The molecule has 120 valence electrons. The molecule has 0 aliphatic rings. The highest BCUT2D eigenvalue weighted by Gasteiger charge is 2.11. The second-order valence-corrected chi connectivity index (χ2v) is 4.86. The predicted octanol–water partition coefficient (Wildman–Crippen LogP) is 2.57. The number of hydrogen-bond acceptors (Lipinski definition) is 6. The van der Waals surface area contributed by atoms with E-state index in [1.807, 2.05) is 0 Å². The zero-order chi connectivity index (χ0) is 16.9. The summed E-state index contributed by atoms with van der Waals surface area (Å²) in [6.07, 6.45) is 4.27. The molecule has 2 aromatic heterocycles. The van der Waals surface area contributed by atoms with Crippen LogP contribution < -0.4 is 5.32 Å². The summed E-state index contributed by atoms with van der Waals surface area (Å²) in [4.78, 5) is 30.5. The van der Waals surface area contributed by atoms with E-state index in [0.29, 0.717) is 17.1 Å². The Kier molecular flexibility index (Phi) is 4.28. The maximum atomic E-state index is 12.0. The third kappa shape index (κ3) is 3.43. The van der Waals surface area contributed by atoms with Gasteiger partial charge in [-0.3, -0.25) is 14.9 Å². The first-order valence-corrected chi connectivity index (χ1v) is 7.01. The average molecular weight is 324 g/mol. The summed E-state index contributed by atoms with van der Waals surface area (Å²) in [7, 11) is 0. The van der Waals surface area contributed by atoms with E-state index in [0.717, 1.165) is 0 Å². The smallest absolute Gasteiger partial charge is 0.270 e. The van der Waals surface area contributed by atoms with Gasteiger partial charge in [0.2, 0.25) is 0 Å². The number of furan rings is 1. The fraction of sp³-hybridized carbons (Fsp3) is 0.0625. The van der Waals surface area contributed by atoms with Crippen LogP contribution in [0.2, 0.25) is 0 Å². The summed E-state index contributed by atoms with van der Waals surface area (Å²) >= 11 is 0. The maximum absolute atomic E-state index is 12.0. The van der Waals surface area contributed by atoms with Crippen molar-refractivity contribution in [1.29, 1.82) is 0 Å². The molecule has 0 aliphatic carbocycles. The van der Waals surface area contributed by atoms with Crippen LogP contribution in [-0.2, 0) is 6.54 Å². The van der Waals surface area contributed by atoms with Gasteiger partial charge in [-0.05, 0) is 12.1 Å². The fourth-order valence-corrected chi connectivity index (χ4v) is 2.04. The molecule has 0 saturated carbocycles. The Balaban J connectivity index is 1.72. The molecular weight excluding hydrogens is 312 g/mol. The number of hydrogen-bond donors (Lipinski definition) is 1. The van der Waals surface area contributed by atoms with Crippen molar-refractivity contribution >= 4 is 11.6 Å². The van der Waals surface area contributed by atoms with Gasteiger partial charge in [0.05, 0.1) is 23.3 Å². The summed E-state index contributed by atoms with van der Waals surface area (Å²) in [6, 6.07) is 9.48. The molecule has 8 heteroatoms. The van der Waals surface area contributed by atoms with Crippen molar-refractivity contribution in [3.05, 3.63) is 76.5 Å². The number of carbonyl (C=O) groups excluding carboxylic acids is 1. The van der Waals surface area contributed by atoms with E-state index in [1.54, 1.807) is 24.3 Å². The number of nitro groups is 1. The molecule has 0 radical (unpaired) electrons. The molecule has 3 aromatic rings. The lowest BCUT2D eigenvalue weighted by Crippen LogP contribution is -2.22. The van der Waals surface area contributed by atoms with Gasteiger partial charge in [-0.25, -0.2) is 9.97 Å². The Morgan fingerprint density at radius 2 is 2.00 bits per heavy atom. The molecule has 0 spiro atoms. The molecule has 1 aromatic carbocycles. The molecule has 0 unspecified atom stereocenters. The third-order valence-electron chi connectivity index (χ3n) is 3.23. The minimum atomic E-state index is -0.486. The second-order valence-electron chi connectivity index (χ2n) is 4.86. The van der Waals surface area contributed by atoms with Crippen LogP contribution in [0.3, 0.4) is 0 Å². The van der Waals surface area contributed by atoms with E-state index < -0.39 is 4.92 Å². The predicted molar refractivity (Wildman–Crippen MR) is 84.0 cm³/mol. The Morgan fingerprint density at radius 1 is 1.21 bits per heavy atom. The first-order chi connectivity index (χ1) is 11.6. The average Bonchev–Trinajstić information content (AvgIpc) is 3.13. The topological polar surface area (TPSA) is 111 Å². The summed E-state index contributed by atoms with van der Waals surface area (Å²) in [5.41, 5.74) is 0.749. The van der Waals surface area contributed by atoms with Crippen LogP contribution in [0.4, 0.5) is 5.69 Å². The van der Waals surface area contributed by atoms with Crippen molar-refractivity contribution in [1.82, 2.24) is 15.3 Å². The van der Waals surface area contributed by atoms with E-state index in [4.69, 9.17) is 4.42 Å². The Labute approximate surface area is 136 Å². The zero-order valence-electron chi connectivity index (χ0n) is 12.4. The van der Waals surface area contributed by atoms with E-state index in [9.17, 15) is 14.9 Å². The van der Waals surface area contributed by atoms with Crippen molar-refractivity contribution in [2.24, 2.45) is 0 Å². The molecule has 0 fully saturated rings. The number of nitrogens with one attached hydrogen (secondary N) is 1. The zero-order valence-corrected chi connectivity index (χ0v) is 12.4. The lowest BCUT2D eigenvalue weighted by Gasteiger charge is -2.04. The van der Waals surface area contributed by atoms with Crippen LogP contribution >= 0.6 is 0 Å². The number of rotatable bonds is 5. The molecule has 8 nitrogen and oxygen atoms in total. The molecule has 1 N–H and O–H groups in total. The number of aromatic nitrogens is 2. The van der Waals surface area contributed by atoms with Crippen LogP contribution in [0.15, 0.2) is 59.5 Å². The highest BCUT2D eigenvalue weighted by Crippen LogP contribution is 2.20. The van der Waals surface area contributed by atoms with Crippen molar-refractivity contribution in [3.8, 4) is 11.4 Å². The quantitative estimate of drug-likeness (QED) is 0.570. The van der Waals surface area contributed by atoms with Crippen molar-refractivity contribution in [2.45, 2.75) is 6.54 Å². The Hall–Kier alpha value is -3.55. The van der Waals surface area contributed by atoms with E-state index in [2.05, 4.69) is 15.3 Å². The lowest BCUT2D eigenvalue weighted by molar-refractivity contribution is -0.384. The fourth-order valence-electron chi connectivity index (χ4n) is 2.04. The minimum Gasteiger partial charge on any atom is -0.467 e. The van der Waals surface area contributed by atoms with Crippen LogP contribution in [0, 0.1) is 10.1 Å². The summed E-state index contributed by atoms with van der Waals surface area (Å²) in [5.74, 6) is 0.607. The number of non-ortho nitro benzene ring substituents is 1. The molecule has 1 amide bonds. The van der Waals surface area contributed by atoms with Gasteiger partial charge >= 0.3 is 0 Å². The maximum Gasteiger partial charge on any atom is 0.270 e. The number of nitrogens with zero attached hydrogens (tertiary/aromatic N) is 3. The first kappa shape index (κ1) is 15.3. The summed E-state index contributed by atoms with van der Waals surface area (Å²) in [6.45, 7) is 0.262.